The van der Waals surface area contributed by atoms with Gasteiger partial charge in [0.2, 0.25) is 0 Å². The van der Waals surface area contributed by atoms with E-state index in [2.05, 4.69) is 38.2 Å². The highest BCUT2D eigenvalue weighted by Gasteiger charge is 2.35. The van der Waals surface area contributed by atoms with Crippen LogP contribution in [-0.4, -0.2) is 19.8 Å². The molecule has 1 fully saturated rings. The third kappa shape index (κ3) is 2.28. The fraction of sp³-hybridized carbons (Fsp3) is 0.647. The van der Waals surface area contributed by atoms with Gasteiger partial charge in [0.05, 0.1) is 13.2 Å². The highest BCUT2D eigenvalue weighted by molar-refractivity contribution is 5.54. The second-order valence-electron chi connectivity index (χ2n) is 6.42. The molecule has 3 rings (SSSR count). The van der Waals surface area contributed by atoms with Gasteiger partial charge in [0.15, 0.2) is 11.5 Å². The molecule has 3 nitrogen and oxygen atoms in total. The van der Waals surface area contributed by atoms with Crippen molar-refractivity contribution in [1.82, 2.24) is 5.32 Å². The van der Waals surface area contributed by atoms with Gasteiger partial charge in [0, 0.05) is 17.5 Å². The van der Waals surface area contributed by atoms with Crippen molar-refractivity contribution < 1.29 is 9.47 Å². The van der Waals surface area contributed by atoms with E-state index < -0.39 is 0 Å². The molecule has 0 saturated carbocycles. The van der Waals surface area contributed by atoms with Gasteiger partial charge in [-0.1, -0.05) is 19.9 Å². The Morgan fingerprint density at radius 3 is 2.65 bits per heavy atom. The molecule has 2 aliphatic rings. The van der Waals surface area contributed by atoms with Crippen LogP contribution in [0.5, 0.6) is 11.5 Å². The van der Waals surface area contributed by atoms with E-state index in [0.29, 0.717) is 5.92 Å². The van der Waals surface area contributed by atoms with E-state index in [4.69, 9.17) is 9.47 Å². The summed E-state index contributed by atoms with van der Waals surface area (Å²) in [5.41, 5.74) is 2.78. The number of rotatable bonds is 2. The maximum Gasteiger partial charge on any atom is 0.164 e. The van der Waals surface area contributed by atoms with Crippen LogP contribution in [0.3, 0.4) is 0 Å². The molecule has 1 saturated heterocycles. The fourth-order valence-electron chi connectivity index (χ4n) is 3.44. The standard InChI is InChI=1S/C17H25NO2/c1-12(2)15-13(17(3)8-4-9-18-17)6-7-14-16(15)20-11-5-10-19-14/h6-7,12,18H,4-5,8-11H2,1-3H3. The van der Waals surface area contributed by atoms with Gasteiger partial charge >= 0.3 is 0 Å². The first-order chi connectivity index (χ1) is 9.62. The van der Waals surface area contributed by atoms with E-state index in [9.17, 15) is 0 Å². The zero-order valence-electron chi connectivity index (χ0n) is 12.8. The summed E-state index contributed by atoms with van der Waals surface area (Å²) in [6, 6.07) is 4.33. The molecule has 1 aromatic rings. The first-order valence-electron chi connectivity index (χ1n) is 7.80. The van der Waals surface area contributed by atoms with Gasteiger partial charge in [0.25, 0.3) is 0 Å². The molecule has 0 aliphatic carbocycles. The largest absolute Gasteiger partial charge is 0.490 e. The number of hydrogen-bond donors (Lipinski definition) is 1. The van der Waals surface area contributed by atoms with Crippen LogP contribution in [0.1, 0.15) is 57.1 Å². The predicted molar refractivity (Wildman–Crippen MR) is 80.7 cm³/mol. The molecular formula is C17H25NO2. The smallest absolute Gasteiger partial charge is 0.164 e. The van der Waals surface area contributed by atoms with Crippen molar-refractivity contribution in [1.29, 1.82) is 0 Å². The number of benzene rings is 1. The summed E-state index contributed by atoms with van der Waals surface area (Å²) in [5, 5.41) is 3.67. The van der Waals surface area contributed by atoms with Crippen LogP contribution in [0.2, 0.25) is 0 Å². The van der Waals surface area contributed by atoms with Crippen LogP contribution in [0.15, 0.2) is 12.1 Å². The molecule has 0 aromatic heterocycles. The molecule has 0 amide bonds. The summed E-state index contributed by atoms with van der Waals surface area (Å²) in [6.07, 6.45) is 3.38. The Bertz CT molecular complexity index is 490. The maximum absolute atomic E-state index is 6.03. The normalized spacial score (nSPS) is 25.8. The van der Waals surface area contributed by atoms with Crippen LogP contribution in [0.4, 0.5) is 0 Å². The average molecular weight is 275 g/mol. The Morgan fingerprint density at radius 2 is 1.95 bits per heavy atom. The van der Waals surface area contributed by atoms with E-state index in [1.165, 1.54) is 24.0 Å². The van der Waals surface area contributed by atoms with Crippen molar-refractivity contribution in [3.05, 3.63) is 23.3 Å². The summed E-state index contributed by atoms with van der Waals surface area (Å²) in [6.45, 7) is 9.39. The van der Waals surface area contributed by atoms with E-state index in [0.717, 1.165) is 37.7 Å². The monoisotopic (exact) mass is 275 g/mol. The third-order valence-corrected chi connectivity index (χ3v) is 4.49. The minimum atomic E-state index is 0.0737. The van der Waals surface area contributed by atoms with Crippen molar-refractivity contribution in [2.45, 2.75) is 51.5 Å². The van der Waals surface area contributed by atoms with Gasteiger partial charge in [0.1, 0.15) is 0 Å². The van der Waals surface area contributed by atoms with Crippen LogP contribution < -0.4 is 14.8 Å². The molecule has 20 heavy (non-hydrogen) atoms. The van der Waals surface area contributed by atoms with Crippen LogP contribution >= 0.6 is 0 Å². The van der Waals surface area contributed by atoms with Crippen LogP contribution in [0, 0.1) is 0 Å². The Morgan fingerprint density at radius 1 is 1.15 bits per heavy atom. The molecule has 1 atom stereocenters. The van der Waals surface area contributed by atoms with E-state index >= 15 is 0 Å². The van der Waals surface area contributed by atoms with E-state index in [1.54, 1.807) is 0 Å². The highest BCUT2D eigenvalue weighted by atomic mass is 16.5. The van der Waals surface area contributed by atoms with Gasteiger partial charge in [-0.2, -0.15) is 0 Å². The lowest BCUT2D eigenvalue weighted by atomic mass is 9.82. The first-order valence-corrected chi connectivity index (χ1v) is 7.80. The van der Waals surface area contributed by atoms with Crippen molar-refractivity contribution in [3.63, 3.8) is 0 Å². The second-order valence-corrected chi connectivity index (χ2v) is 6.42. The molecule has 2 aliphatic heterocycles. The van der Waals surface area contributed by atoms with Crippen LogP contribution in [-0.2, 0) is 5.54 Å². The second kappa shape index (κ2) is 5.28. The van der Waals surface area contributed by atoms with Gasteiger partial charge in [-0.05, 0) is 43.9 Å². The Kier molecular flexibility index (Phi) is 3.63. The zero-order valence-corrected chi connectivity index (χ0v) is 12.8. The number of ether oxygens (including phenoxy) is 2. The minimum Gasteiger partial charge on any atom is -0.490 e. The van der Waals surface area contributed by atoms with Gasteiger partial charge < -0.3 is 14.8 Å². The molecule has 110 valence electrons. The van der Waals surface area contributed by atoms with Gasteiger partial charge in [-0.3, -0.25) is 0 Å². The zero-order chi connectivity index (χ0) is 14.2. The maximum atomic E-state index is 6.03. The minimum absolute atomic E-state index is 0.0737. The molecule has 1 N–H and O–H groups in total. The van der Waals surface area contributed by atoms with Crippen LogP contribution in [0.25, 0.3) is 0 Å². The summed E-state index contributed by atoms with van der Waals surface area (Å²) < 4.78 is 11.9. The molecule has 1 aromatic carbocycles. The molecule has 3 heteroatoms. The van der Waals surface area contributed by atoms with Crippen molar-refractivity contribution in [3.8, 4) is 11.5 Å². The van der Waals surface area contributed by atoms with E-state index in [1.807, 2.05) is 0 Å². The third-order valence-electron chi connectivity index (χ3n) is 4.49. The quantitative estimate of drug-likeness (QED) is 0.895. The van der Waals surface area contributed by atoms with Gasteiger partial charge in [-0.15, -0.1) is 0 Å². The summed E-state index contributed by atoms with van der Waals surface area (Å²) >= 11 is 0. The molecule has 0 spiro atoms. The topological polar surface area (TPSA) is 30.5 Å². The SMILES string of the molecule is CC(C)c1c(C2(C)CCCN2)ccc2c1OCCCO2. The molecule has 1 unspecified atom stereocenters. The number of hydrogen-bond acceptors (Lipinski definition) is 3. The van der Waals surface area contributed by atoms with Gasteiger partial charge in [-0.25, -0.2) is 0 Å². The lowest BCUT2D eigenvalue weighted by Crippen LogP contribution is -2.34. The molecule has 0 bridgehead atoms. The molecule has 0 radical (unpaired) electrons. The summed E-state index contributed by atoms with van der Waals surface area (Å²) in [5.74, 6) is 2.32. The summed E-state index contributed by atoms with van der Waals surface area (Å²) in [4.78, 5) is 0. The lowest BCUT2D eigenvalue weighted by molar-refractivity contribution is 0.295. The highest BCUT2D eigenvalue weighted by Crippen LogP contribution is 2.44. The first kappa shape index (κ1) is 13.7. The fourth-order valence-corrected chi connectivity index (χ4v) is 3.44. The summed E-state index contributed by atoms with van der Waals surface area (Å²) in [7, 11) is 0. The van der Waals surface area contributed by atoms with Crippen molar-refractivity contribution in [2.24, 2.45) is 0 Å². The lowest BCUT2D eigenvalue weighted by Gasteiger charge is -2.30. The Labute approximate surface area is 121 Å². The number of nitrogens with one attached hydrogen (secondary N) is 1. The number of fused-ring (bicyclic) bond motifs is 1. The van der Waals surface area contributed by atoms with E-state index in [-0.39, 0.29) is 5.54 Å². The Hall–Kier alpha value is -1.22. The predicted octanol–water partition coefficient (Wildman–Crippen LogP) is 3.57. The average Bonchev–Trinajstić information content (AvgIpc) is 2.73. The van der Waals surface area contributed by atoms with Crippen molar-refractivity contribution in [2.75, 3.05) is 19.8 Å². The molecular weight excluding hydrogens is 250 g/mol. The van der Waals surface area contributed by atoms with Crippen molar-refractivity contribution >= 4 is 0 Å². The Balaban J connectivity index is 2.13. The molecule has 2 heterocycles.